The summed E-state index contributed by atoms with van der Waals surface area (Å²) in [4.78, 5) is 0. The Hall–Kier alpha value is -1.75. The van der Waals surface area contributed by atoms with Crippen molar-refractivity contribution in [2.24, 2.45) is 0 Å². The molecule has 14 heavy (non-hydrogen) atoms. The van der Waals surface area contributed by atoms with Gasteiger partial charge in [0.25, 0.3) is 0 Å². The molecule has 1 aromatic heterocycles. The summed E-state index contributed by atoms with van der Waals surface area (Å²) in [5.41, 5.74) is 2.32. The van der Waals surface area contributed by atoms with E-state index in [1.165, 1.54) is 5.56 Å². The van der Waals surface area contributed by atoms with E-state index in [2.05, 4.69) is 47.2 Å². The molecule has 0 bridgehead atoms. The van der Waals surface area contributed by atoms with Gasteiger partial charge in [0.15, 0.2) is 0 Å². The van der Waals surface area contributed by atoms with Crippen LogP contribution in [0.4, 0.5) is 0 Å². The molecule has 0 spiro atoms. The van der Waals surface area contributed by atoms with E-state index in [-0.39, 0.29) is 0 Å². The Labute approximate surface area is 83.3 Å². The summed E-state index contributed by atoms with van der Waals surface area (Å²) < 4.78 is 0. The maximum absolute atomic E-state index is 3.98. The van der Waals surface area contributed by atoms with E-state index in [0.717, 1.165) is 23.7 Å². The highest BCUT2D eigenvalue weighted by atomic mass is 15.1. The van der Waals surface area contributed by atoms with Crippen molar-refractivity contribution in [1.82, 2.24) is 10.2 Å². The van der Waals surface area contributed by atoms with Crippen LogP contribution in [-0.2, 0) is 6.42 Å². The lowest BCUT2D eigenvalue weighted by atomic mass is 10.1. The molecule has 0 saturated heterocycles. The highest BCUT2D eigenvalue weighted by molar-refractivity contribution is 5.78. The van der Waals surface area contributed by atoms with Gasteiger partial charge in [-0.05, 0) is 11.6 Å². The lowest BCUT2D eigenvalue weighted by Gasteiger charge is -1.94. The van der Waals surface area contributed by atoms with Gasteiger partial charge < -0.3 is 0 Å². The maximum Gasteiger partial charge on any atom is 0.0653 e. The smallest absolute Gasteiger partial charge is 0.0653 e. The van der Waals surface area contributed by atoms with Crippen molar-refractivity contribution in [2.45, 2.75) is 19.8 Å². The predicted octanol–water partition coefficient (Wildman–Crippen LogP) is 2.52. The monoisotopic (exact) mass is 184 g/mol. The SMILES string of the molecule is CCC#CCc1ccc2cn[nH]c2c1. The van der Waals surface area contributed by atoms with Gasteiger partial charge in [0.1, 0.15) is 0 Å². The summed E-state index contributed by atoms with van der Waals surface area (Å²) in [5, 5.41) is 8.08. The molecule has 0 radical (unpaired) electrons. The fourth-order valence-electron chi connectivity index (χ4n) is 1.38. The van der Waals surface area contributed by atoms with E-state index in [0.29, 0.717) is 0 Å². The molecule has 0 amide bonds. The van der Waals surface area contributed by atoms with Crippen LogP contribution in [0.15, 0.2) is 24.4 Å². The molecule has 2 rings (SSSR count). The summed E-state index contributed by atoms with van der Waals surface area (Å²) in [5.74, 6) is 6.19. The number of hydrogen-bond acceptors (Lipinski definition) is 1. The fraction of sp³-hybridized carbons (Fsp3) is 0.250. The first-order valence-corrected chi connectivity index (χ1v) is 4.78. The van der Waals surface area contributed by atoms with E-state index in [9.17, 15) is 0 Å². The first-order valence-electron chi connectivity index (χ1n) is 4.78. The van der Waals surface area contributed by atoms with Crippen LogP contribution in [0, 0.1) is 11.8 Å². The molecule has 0 aliphatic carbocycles. The van der Waals surface area contributed by atoms with Gasteiger partial charge in [-0.2, -0.15) is 5.10 Å². The number of aromatic nitrogens is 2. The summed E-state index contributed by atoms with van der Waals surface area (Å²) >= 11 is 0. The van der Waals surface area contributed by atoms with Crippen molar-refractivity contribution in [1.29, 1.82) is 0 Å². The Morgan fingerprint density at radius 1 is 1.36 bits per heavy atom. The molecule has 70 valence electrons. The van der Waals surface area contributed by atoms with Crippen molar-refractivity contribution < 1.29 is 0 Å². The Balaban J connectivity index is 2.25. The third-order valence-corrected chi connectivity index (χ3v) is 2.10. The van der Waals surface area contributed by atoms with E-state index in [1.807, 2.05) is 6.20 Å². The first kappa shape index (κ1) is 8.83. The molecular weight excluding hydrogens is 172 g/mol. The van der Waals surface area contributed by atoms with Gasteiger partial charge in [-0.1, -0.05) is 25.0 Å². The highest BCUT2D eigenvalue weighted by Crippen LogP contribution is 2.12. The first-order chi connectivity index (χ1) is 6.90. The third-order valence-electron chi connectivity index (χ3n) is 2.10. The number of benzene rings is 1. The number of H-pyrrole nitrogens is 1. The zero-order chi connectivity index (χ0) is 9.80. The summed E-state index contributed by atoms with van der Waals surface area (Å²) in [6, 6.07) is 6.27. The number of nitrogens with zero attached hydrogens (tertiary/aromatic N) is 1. The third kappa shape index (κ3) is 1.77. The number of aromatic amines is 1. The minimum Gasteiger partial charge on any atom is -0.278 e. The molecule has 1 aromatic carbocycles. The van der Waals surface area contributed by atoms with Gasteiger partial charge in [0, 0.05) is 18.2 Å². The van der Waals surface area contributed by atoms with Gasteiger partial charge in [-0.25, -0.2) is 0 Å². The molecule has 0 saturated carbocycles. The van der Waals surface area contributed by atoms with Crippen LogP contribution in [-0.4, -0.2) is 10.2 Å². The summed E-state index contributed by atoms with van der Waals surface area (Å²) in [7, 11) is 0. The van der Waals surface area contributed by atoms with Gasteiger partial charge in [0.2, 0.25) is 0 Å². The van der Waals surface area contributed by atoms with Crippen LogP contribution < -0.4 is 0 Å². The average molecular weight is 184 g/mol. The van der Waals surface area contributed by atoms with Crippen LogP contribution >= 0.6 is 0 Å². The topological polar surface area (TPSA) is 28.7 Å². The van der Waals surface area contributed by atoms with Gasteiger partial charge in [0.05, 0.1) is 11.7 Å². The second-order valence-electron chi connectivity index (χ2n) is 3.18. The molecule has 2 aromatic rings. The lowest BCUT2D eigenvalue weighted by Crippen LogP contribution is -1.80. The molecule has 1 heterocycles. The Kier molecular flexibility index (Phi) is 2.51. The fourth-order valence-corrected chi connectivity index (χ4v) is 1.38. The van der Waals surface area contributed by atoms with Crippen LogP contribution in [0.3, 0.4) is 0 Å². The zero-order valence-corrected chi connectivity index (χ0v) is 8.17. The van der Waals surface area contributed by atoms with E-state index in [4.69, 9.17) is 0 Å². The molecule has 0 unspecified atom stereocenters. The highest BCUT2D eigenvalue weighted by Gasteiger charge is 1.95. The van der Waals surface area contributed by atoms with Crippen molar-refractivity contribution in [3.8, 4) is 11.8 Å². The molecule has 0 fully saturated rings. The lowest BCUT2D eigenvalue weighted by molar-refractivity contribution is 1.12. The van der Waals surface area contributed by atoms with E-state index in [1.54, 1.807) is 0 Å². The Morgan fingerprint density at radius 2 is 2.29 bits per heavy atom. The Morgan fingerprint density at radius 3 is 3.14 bits per heavy atom. The molecule has 2 heteroatoms. The standard InChI is InChI=1S/C12H12N2/c1-2-3-4-5-10-6-7-11-9-13-14-12(11)8-10/h6-9H,2,5H2,1H3,(H,13,14). The molecule has 0 aliphatic rings. The van der Waals surface area contributed by atoms with Crippen LogP contribution in [0.2, 0.25) is 0 Å². The van der Waals surface area contributed by atoms with Gasteiger partial charge in [-0.15, -0.1) is 5.92 Å². The van der Waals surface area contributed by atoms with Crippen LogP contribution in [0.5, 0.6) is 0 Å². The number of fused-ring (bicyclic) bond motifs is 1. The van der Waals surface area contributed by atoms with Crippen molar-refractivity contribution in [3.63, 3.8) is 0 Å². The summed E-state index contributed by atoms with van der Waals surface area (Å²) in [6.45, 7) is 2.06. The number of hydrogen-bond donors (Lipinski definition) is 1. The largest absolute Gasteiger partial charge is 0.278 e. The molecule has 0 atom stereocenters. The van der Waals surface area contributed by atoms with E-state index < -0.39 is 0 Å². The minimum atomic E-state index is 0.822. The molecule has 2 nitrogen and oxygen atoms in total. The minimum absolute atomic E-state index is 0.822. The normalized spacial score (nSPS) is 9.79. The van der Waals surface area contributed by atoms with Gasteiger partial charge >= 0.3 is 0 Å². The summed E-state index contributed by atoms with van der Waals surface area (Å²) in [6.07, 6.45) is 3.58. The predicted molar refractivity (Wildman–Crippen MR) is 57.9 cm³/mol. The van der Waals surface area contributed by atoms with E-state index >= 15 is 0 Å². The number of nitrogens with one attached hydrogen (secondary N) is 1. The zero-order valence-electron chi connectivity index (χ0n) is 8.17. The van der Waals surface area contributed by atoms with Gasteiger partial charge in [-0.3, -0.25) is 5.10 Å². The average Bonchev–Trinajstić information content (AvgIpc) is 2.65. The molecule has 1 N–H and O–H groups in total. The maximum atomic E-state index is 3.98. The van der Waals surface area contributed by atoms with Crippen molar-refractivity contribution in [3.05, 3.63) is 30.0 Å². The number of rotatable bonds is 1. The van der Waals surface area contributed by atoms with Crippen LogP contribution in [0.1, 0.15) is 18.9 Å². The quantitative estimate of drug-likeness (QED) is 0.678. The van der Waals surface area contributed by atoms with Crippen molar-refractivity contribution in [2.75, 3.05) is 0 Å². The molecular formula is C12H12N2. The second kappa shape index (κ2) is 3.97. The van der Waals surface area contributed by atoms with Crippen LogP contribution in [0.25, 0.3) is 10.9 Å². The van der Waals surface area contributed by atoms with Crippen molar-refractivity contribution >= 4 is 10.9 Å². The second-order valence-corrected chi connectivity index (χ2v) is 3.18. The Bertz CT molecular complexity index is 485. The molecule has 0 aliphatic heterocycles.